The second-order valence-electron chi connectivity index (χ2n) is 13.7. The van der Waals surface area contributed by atoms with Crippen LogP contribution in [-0.2, 0) is 13.1 Å². The number of benzene rings is 1. The van der Waals surface area contributed by atoms with Crippen molar-refractivity contribution in [3.63, 3.8) is 0 Å². The standard InChI is InChI=1S/C35H36N10O2/c1-47-29-11-24(35(46)44-18-23-6-7-27(44)30(23)37)9-26-31(29)45(17-21-14-42(15-21)32-25(12-36)13-38-19-40-32)34(41-26)28-10-22-3-2-8-39-33(22)43(28)16-20-4-5-20/h2-3,8-11,13,19-21,23,27,30H,4-7,14-18,37H2,1H3/t23-,27-,30-/m1/s1. The lowest BCUT2D eigenvalue weighted by atomic mass is 9.99. The molecule has 1 aromatic carbocycles. The summed E-state index contributed by atoms with van der Waals surface area (Å²) in [7, 11) is 1.66. The highest BCUT2D eigenvalue weighted by molar-refractivity contribution is 6.00. The Morgan fingerprint density at radius 3 is 2.66 bits per heavy atom. The normalized spacial score (nSPS) is 22.3. The van der Waals surface area contributed by atoms with Crippen molar-refractivity contribution >= 4 is 33.8 Å². The van der Waals surface area contributed by atoms with Gasteiger partial charge in [0.15, 0.2) is 5.82 Å². The number of carbonyl (C=O) groups excluding carboxylic acids is 1. The second-order valence-corrected chi connectivity index (χ2v) is 13.7. The summed E-state index contributed by atoms with van der Waals surface area (Å²) >= 11 is 0. The molecule has 4 fully saturated rings. The average molecular weight is 629 g/mol. The quantitative estimate of drug-likeness (QED) is 0.271. The summed E-state index contributed by atoms with van der Waals surface area (Å²) in [5.41, 5.74) is 11.1. The number of nitrogens with zero attached hydrogens (tertiary/aromatic N) is 9. The summed E-state index contributed by atoms with van der Waals surface area (Å²) in [6.45, 7) is 3.76. The molecule has 2 saturated carbocycles. The van der Waals surface area contributed by atoms with Crippen LogP contribution < -0.4 is 15.4 Å². The number of imidazole rings is 1. The fourth-order valence-electron chi connectivity index (χ4n) is 8.12. The van der Waals surface area contributed by atoms with Crippen LogP contribution in [0.2, 0.25) is 0 Å². The molecule has 3 atom stereocenters. The van der Waals surface area contributed by atoms with E-state index in [0.29, 0.717) is 47.6 Å². The number of fused-ring (bicyclic) bond motifs is 4. The van der Waals surface area contributed by atoms with E-state index < -0.39 is 0 Å². The molecule has 2 N–H and O–H groups in total. The minimum absolute atomic E-state index is 0.0104. The Kier molecular flexibility index (Phi) is 6.47. The van der Waals surface area contributed by atoms with Gasteiger partial charge in [-0.1, -0.05) is 0 Å². The summed E-state index contributed by atoms with van der Waals surface area (Å²) in [6.07, 6.45) is 9.38. The number of anilines is 1. The number of hydrogen-bond donors (Lipinski definition) is 1. The van der Waals surface area contributed by atoms with Crippen LogP contribution in [0.5, 0.6) is 5.75 Å². The van der Waals surface area contributed by atoms with Crippen LogP contribution in [-0.4, -0.2) is 78.7 Å². The van der Waals surface area contributed by atoms with Crippen molar-refractivity contribution in [1.82, 2.24) is 34.0 Å². The molecule has 9 rings (SSSR count). The largest absolute Gasteiger partial charge is 0.494 e. The zero-order valence-corrected chi connectivity index (χ0v) is 26.3. The number of likely N-dealkylation sites (tertiary alicyclic amines) is 1. The molecule has 2 aliphatic carbocycles. The first kappa shape index (κ1) is 28.2. The van der Waals surface area contributed by atoms with E-state index in [1.165, 1.54) is 19.2 Å². The van der Waals surface area contributed by atoms with E-state index in [1.807, 2.05) is 29.3 Å². The van der Waals surface area contributed by atoms with E-state index >= 15 is 0 Å². The number of hydrogen-bond acceptors (Lipinski definition) is 9. The molecule has 0 unspecified atom stereocenters. The molecule has 2 bridgehead atoms. The smallest absolute Gasteiger partial charge is 0.254 e. The minimum Gasteiger partial charge on any atom is -0.494 e. The minimum atomic E-state index is -0.0104. The zero-order chi connectivity index (χ0) is 31.8. The maximum Gasteiger partial charge on any atom is 0.254 e. The number of methoxy groups -OCH3 is 1. The van der Waals surface area contributed by atoms with Crippen LogP contribution in [0.15, 0.2) is 49.1 Å². The maximum absolute atomic E-state index is 13.9. The van der Waals surface area contributed by atoms with Crippen LogP contribution in [0.3, 0.4) is 0 Å². The van der Waals surface area contributed by atoms with Crippen LogP contribution >= 0.6 is 0 Å². The lowest BCUT2D eigenvalue weighted by molar-refractivity contribution is 0.0700. The van der Waals surface area contributed by atoms with Crippen LogP contribution in [0, 0.1) is 29.1 Å². The van der Waals surface area contributed by atoms with Crippen LogP contribution in [0.1, 0.15) is 41.6 Å². The van der Waals surface area contributed by atoms with Gasteiger partial charge >= 0.3 is 0 Å². The van der Waals surface area contributed by atoms with Crippen molar-refractivity contribution in [3.8, 4) is 23.3 Å². The Morgan fingerprint density at radius 2 is 1.91 bits per heavy atom. The van der Waals surface area contributed by atoms with E-state index in [2.05, 4.69) is 42.2 Å². The third kappa shape index (κ3) is 4.55. The van der Waals surface area contributed by atoms with E-state index in [4.69, 9.17) is 20.4 Å². The lowest BCUT2D eigenvalue weighted by Gasteiger charge is -2.40. The van der Waals surface area contributed by atoms with Gasteiger partial charge in [0, 0.05) is 67.9 Å². The van der Waals surface area contributed by atoms with Crippen molar-refractivity contribution in [3.05, 3.63) is 60.2 Å². The molecule has 0 spiro atoms. The number of pyridine rings is 1. The summed E-state index contributed by atoms with van der Waals surface area (Å²) in [5, 5.41) is 10.7. The van der Waals surface area contributed by atoms with Gasteiger partial charge < -0.3 is 29.4 Å². The number of piperidine rings is 1. The topological polar surface area (TPSA) is 144 Å². The molecule has 12 nitrogen and oxygen atoms in total. The van der Waals surface area contributed by atoms with E-state index in [0.717, 1.165) is 66.1 Å². The number of ether oxygens (including phenoxy) is 1. The van der Waals surface area contributed by atoms with Crippen molar-refractivity contribution in [2.45, 2.75) is 50.9 Å². The molecule has 1 amide bonds. The molecule has 2 aliphatic heterocycles. The summed E-state index contributed by atoms with van der Waals surface area (Å²) in [6, 6.07) is 12.4. The van der Waals surface area contributed by atoms with Crippen molar-refractivity contribution < 1.29 is 9.53 Å². The van der Waals surface area contributed by atoms with Gasteiger partial charge in [-0.25, -0.2) is 19.9 Å². The Bertz CT molecular complexity index is 2090. The first-order chi connectivity index (χ1) is 23.0. The number of rotatable bonds is 8. The Morgan fingerprint density at radius 1 is 1.06 bits per heavy atom. The van der Waals surface area contributed by atoms with E-state index in [9.17, 15) is 10.1 Å². The van der Waals surface area contributed by atoms with Gasteiger partial charge in [0.2, 0.25) is 0 Å². The van der Waals surface area contributed by atoms with Crippen LogP contribution in [0.25, 0.3) is 33.6 Å². The second kappa shape index (κ2) is 10.8. The van der Waals surface area contributed by atoms with Crippen molar-refractivity contribution in [2.75, 3.05) is 31.6 Å². The number of nitriles is 1. The molecule has 4 aliphatic rings. The van der Waals surface area contributed by atoms with E-state index in [1.54, 1.807) is 13.3 Å². The molecule has 0 radical (unpaired) electrons. The number of aromatic nitrogens is 6. The molecule has 4 aromatic heterocycles. The summed E-state index contributed by atoms with van der Waals surface area (Å²) in [4.78, 5) is 36.5. The van der Waals surface area contributed by atoms with Gasteiger partial charge in [-0.2, -0.15) is 5.26 Å². The lowest BCUT2D eigenvalue weighted by Crippen LogP contribution is -2.49. The Balaban J connectivity index is 1.14. The van der Waals surface area contributed by atoms with Gasteiger partial charge in [-0.15, -0.1) is 0 Å². The first-order valence-electron chi connectivity index (χ1n) is 16.5. The summed E-state index contributed by atoms with van der Waals surface area (Å²) in [5.74, 6) is 3.40. The molecule has 12 heteroatoms. The van der Waals surface area contributed by atoms with Gasteiger partial charge in [0.05, 0.1) is 24.5 Å². The highest BCUT2D eigenvalue weighted by Crippen LogP contribution is 2.41. The maximum atomic E-state index is 13.9. The number of nitrogens with two attached hydrogens (primary N) is 1. The van der Waals surface area contributed by atoms with Crippen molar-refractivity contribution in [2.24, 2.45) is 23.5 Å². The van der Waals surface area contributed by atoms with Crippen molar-refractivity contribution in [1.29, 1.82) is 5.26 Å². The molecular formula is C35H36N10O2. The van der Waals surface area contributed by atoms with Gasteiger partial charge in [0.25, 0.3) is 5.91 Å². The molecule has 2 saturated heterocycles. The Labute approximate surface area is 271 Å². The number of amides is 1. The molecule has 47 heavy (non-hydrogen) atoms. The number of carbonyl (C=O) groups is 1. The van der Waals surface area contributed by atoms with Crippen LogP contribution in [0.4, 0.5) is 5.82 Å². The first-order valence-corrected chi connectivity index (χ1v) is 16.5. The third-order valence-electron chi connectivity index (χ3n) is 10.7. The van der Waals surface area contributed by atoms with Gasteiger partial charge in [-0.05, 0) is 67.9 Å². The summed E-state index contributed by atoms with van der Waals surface area (Å²) < 4.78 is 10.6. The third-order valence-corrected chi connectivity index (χ3v) is 10.7. The Hall–Kier alpha value is -5.02. The van der Waals surface area contributed by atoms with E-state index in [-0.39, 0.29) is 23.9 Å². The molecule has 6 heterocycles. The highest BCUT2D eigenvalue weighted by atomic mass is 16.5. The fourth-order valence-corrected chi connectivity index (χ4v) is 8.12. The zero-order valence-electron chi connectivity index (χ0n) is 26.3. The fraction of sp³-hybridized carbons (Fsp3) is 0.429. The van der Waals surface area contributed by atoms with Gasteiger partial charge in [-0.3, -0.25) is 4.79 Å². The molecule has 5 aromatic rings. The molecule has 238 valence electrons. The average Bonchev–Trinajstić information content (AvgIpc) is 3.44. The predicted octanol–water partition coefficient (Wildman–Crippen LogP) is 3.83. The predicted molar refractivity (Wildman–Crippen MR) is 176 cm³/mol. The SMILES string of the molecule is COc1cc(C(=O)N2C[C@H]3CC[C@@H]2[C@@H]3N)cc2nc(-c3cc4cccnc4n3CC3CC3)n(CC3CN(c4ncncc4C#N)C3)c12. The molecular weight excluding hydrogens is 592 g/mol. The highest BCUT2D eigenvalue weighted by Gasteiger charge is 2.47. The monoisotopic (exact) mass is 628 g/mol. The van der Waals surface area contributed by atoms with Gasteiger partial charge in [0.1, 0.15) is 40.7 Å².